The number of nitriles is 1. The molecule has 0 aliphatic carbocycles. The largest absolute Gasteiger partial charge is 0.417 e. The van der Waals surface area contributed by atoms with Crippen molar-refractivity contribution in [2.45, 2.75) is 32.2 Å². The number of halogens is 3. The Balaban J connectivity index is 1.85. The van der Waals surface area contributed by atoms with Gasteiger partial charge in [0.05, 0.1) is 41.1 Å². The minimum absolute atomic E-state index is 0.150. The lowest BCUT2D eigenvalue weighted by atomic mass is 10.0. The molecule has 1 heterocycles. The fraction of sp³-hybridized carbons (Fsp3) is 0.250. The Bertz CT molecular complexity index is 1130. The summed E-state index contributed by atoms with van der Waals surface area (Å²) in [6.07, 6.45) is -3.26. The van der Waals surface area contributed by atoms with Gasteiger partial charge in [0, 0.05) is 5.69 Å². The maximum Gasteiger partial charge on any atom is 0.417 e. The first-order valence-corrected chi connectivity index (χ1v) is 8.58. The predicted octanol–water partition coefficient (Wildman–Crippen LogP) is 3.62. The number of carbonyl (C=O) groups excluding carboxylic acids is 1. The maximum atomic E-state index is 13.1. The van der Waals surface area contributed by atoms with Crippen molar-refractivity contribution in [3.05, 3.63) is 59.4 Å². The quantitative estimate of drug-likeness (QED) is 0.697. The second kappa shape index (κ2) is 7.22. The zero-order valence-electron chi connectivity index (χ0n) is 15.6. The van der Waals surface area contributed by atoms with Crippen LogP contribution in [-0.4, -0.2) is 26.2 Å². The summed E-state index contributed by atoms with van der Waals surface area (Å²) in [6, 6.07) is 9.79. The van der Waals surface area contributed by atoms with E-state index in [4.69, 9.17) is 5.26 Å². The first-order valence-electron chi connectivity index (χ1n) is 8.58. The smallest absolute Gasteiger partial charge is 0.378 e. The van der Waals surface area contributed by atoms with Crippen molar-refractivity contribution in [2.24, 2.45) is 0 Å². The molecule has 0 fully saturated rings. The van der Waals surface area contributed by atoms with E-state index >= 15 is 0 Å². The second-order valence-corrected chi connectivity index (χ2v) is 6.91. The first-order chi connectivity index (χ1) is 13.5. The van der Waals surface area contributed by atoms with Gasteiger partial charge >= 0.3 is 6.18 Å². The molecule has 3 rings (SSSR count). The van der Waals surface area contributed by atoms with Crippen molar-refractivity contribution in [1.29, 1.82) is 5.26 Å². The number of nitrogens with zero attached hydrogens (tertiary/aromatic N) is 3. The minimum Gasteiger partial charge on any atom is -0.378 e. The van der Waals surface area contributed by atoms with Gasteiger partial charge in [-0.05, 0) is 43.7 Å². The normalized spacial score (nSPS) is 13.7. The number of para-hydroxylation sites is 1. The van der Waals surface area contributed by atoms with Gasteiger partial charge in [0.25, 0.3) is 5.91 Å². The minimum atomic E-state index is -4.75. The van der Waals surface area contributed by atoms with Gasteiger partial charge in [0.15, 0.2) is 5.60 Å². The van der Waals surface area contributed by atoms with E-state index in [9.17, 15) is 23.1 Å². The van der Waals surface area contributed by atoms with E-state index < -0.39 is 28.8 Å². The summed E-state index contributed by atoms with van der Waals surface area (Å²) in [5.74, 6) is -0.884. The Labute approximate surface area is 164 Å². The van der Waals surface area contributed by atoms with Gasteiger partial charge < -0.3 is 15.0 Å². The highest BCUT2D eigenvalue weighted by atomic mass is 19.4. The molecular formula is C20H17F3N4O2. The average Bonchev–Trinajstić information content (AvgIpc) is 3.04. The third-order valence-corrected chi connectivity index (χ3v) is 4.51. The molecule has 0 aliphatic rings. The molecule has 0 saturated heterocycles. The molecule has 9 heteroatoms. The Morgan fingerprint density at radius 2 is 2.03 bits per heavy atom. The number of aryl methyl sites for hydroxylation is 1. The van der Waals surface area contributed by atoms with Crippen molar-refractivity contribution in [3.8, 4) is 6.07 Å². The summed E-state index contributed by atoms with van der Waals surface area (Å²) in [5, 5.41) is 21.8. The summed E-state index contributed by atoms with van der Waals surface area (Å²) in [4.78, 5) is 16.8. The molecule has 2 aromatic carbocycles. The van der Waals surface area contributed by atoms with Crippen LogP contribution in [0.25, 0.3) is 11.0 Å². The van der Waals surface area contributed by atoms with E-state index in [0.29, 0.717) is 11.6 Å². The fourth-order valence-electron chi connectivity index (χ4n) is 3.05. The van der Waals surface area contributed by atoms with E-state index in [2.05, 4.69) is 10.3 Å². The van der Waals surface area contributed by atoms with Crippen molar-refractivity contribution in [1.82, 2.24) is 9.55 Å². The molecule has 0 bridgehead atoms. The number of hydrogen-bond donors (Lipinski definition) is 2. The number of aromatic nitrogens is 2. The molecule has 0 radical (unpaired) electrons. The summed E-state index contributed by atoms with van der Waals surface area (Å²) in [6.45, 7) is 2.98. The van der Waals surface area contributed by atoms with Crippen LogP contribution in [0.2, 0.25) is 0 Å². The third-order valence-electron chi connectivity index (χ3n) is 4.51. The average molecular weight is 402 g/mol. The van der Waals surface area contributed by atoms with Crippen LogP contribution in [0.1, 0.15) is 23.6 Å². The van der Waals surface area contributed by atoms with E-state index in [0.717, 1.165) is 17.1 Å². The lowest BCUT2D eigenvalue weighted by molar-refractivity contribution is -0.138. The molecule has 0 aliphatic heterocycles. The number of alkyl halides is 3. The fourth-order valence-corrected chi connectivity index (χ4v) is 3.05. The SMILES string of the molecule is Cc1cccc2ncn(C[C@](C)(O)C(=O)Nc3ccc(C#N)c(C(F)(F)F)c3)c12. The first kappa shape index (κ1) is 20.4. The predicted molar refractivity (Wildman–Crippen MR) is 99.9 cm³/mol. The highest BCUT2D eigenvalue weighted by Gasteiger charge is 2.35. The van der Waals surface area contributed by atoms with E-state index in [-0.39, 0.29) is 12.2 Å². The number of imidazole rings is 1. The molecule has 3 aromatic rings. The number of benzene rings is 2. The highest BCUT2D eigenvalue weighted by molar-refractivity contribution is 5.97. The Hall–Kier alpha value is -3.38. The van der Waals surface area contributed by atoms with Crippen LogP contribution >= 0.6 is 0 Å². The van der Waals surface area contributed by atoms with Crippen molar-refractivity contribution in [2.75, 3.05) is 5.32 Å². The number of amides is 1. The molecule has 150 valence electrons. The second-order valence-electron chi connectivity index (χ2n) is 6.91. The van der Waals surface area contributed by atoms with Crippen LogP contribution in [0.5, 0.6) is 0 Å². The molecular weight excluding hydrogens is 385 g/mol. The number of carbonyl (C=O) groups is 1. The third kappa shape index (κ3) is 4.07. The van der Waals surface area contributed by atoms with Gasteiger partial charge in [-0.1, -0.05) is 12.1 Å². The molecule has 1 atom stereocenters. The molecule has 1 amide bonds. The Morgan fingerprint density at radius 3 is 2.69 bits per heavy atom. The zero-order chi connectivity index (χ0) is 21.4. The highest BCUT2D eigenvalue weighted by Crippen LogP contribution is 2.33. The monoisotopic (exact) mass is 402 g/mol. The van der Waals surface area contributed by atoms with Crippen LogP contribution < -0.4 is 5.32 Å². The van der Waals surface area contributed by atoms with Gasteiger partial charge in [0.1, 0.15) is 0 Å². The molecule has 6 nitrogen and oxygen atoms in total. The van der Waals surface area contributed by atoms with Gasteiger partial charge in [-0.2, -0.15) is 18.4 Å². The summed E-state index contributed by atoms with van der Waals surface area (Å²) >= 11 is 0. The van der Waals surface area contributed by atoms with E-state index in [1.165, 1.54) is 25.4 Å². The number of rotatable bonds is 4. The molecule has 1 aromatic heterocycles. The lowest BCUT2D eigenvalue weighted by Crippen LogP contribution is -2.43. The molecule has 0 spiro atoms. The molecule has 29 heavy (non-hydrogen) atoms. The number of nitrogens with one attached hydrogen (secondary N) is 1. The van der Waals surface area contributed by atoms with Crippen LogP contribution in [0.3, 0.4) is 0 Å². The lowest BCUT2D eigenvalue weighted by Gasteiger charge is -2.23. The standard InChI is InChI=1S/C20H17F3N4O2/c1-12-4-3-5-16-17(12)27(11-25-16)10-19(2,29)18(28)26-14-7-6-13(9-24)15(8-14)20(21,22)23/h3-8,11,29H,10H2,1-2H3,(H,26,28)/t19-/m0/s1. The molecule has 0 saturated carbocycles. The zero-order valence-corrected chi connectivity index (χ0v) is 15.6. The number of anilines is 1. The van der Waals surface area contributed by atoms with Crippen LogP contribution in [-0.2, 0) is 17.5 Å². The van der Waals surface area contributed by atoms with Crippen LogP contribution in [0.4, 0.5) is 18.9 Å². The van der Waals surface area contributed by atoms with Gasteiger partial charge in [0.2, 0.25) is 0 Å². The van der Waals surface area contributed by atoms with E-state index in [1.807, 2.05) is 19.1 Å². The number of hydrogen-bond acceptors (Lipinski definition) is 4. The molecule has 2 N–H and O–H groups in total. The number of aliphatic hydroxyl groups is 1. The maximum absolute atomic E-state index is 13.1. The van der Waals surface area contributed by atoms with Crippen LogP contribution in [0, 0.1) is 18.3 Å². The van der Waals surface area contributed by atoms with Crippen molar-refractivity contribution < 1.29 is 23.1 Å². The topological polar surface area (TPSA) is 90.9 Å². The van der Waals surface area contributed by atoms with Gasteiger partial charge in [-0.3, -0.25) is 4.79 Å². The summed E-state index contributed by atoms with van der Waals surface area (Å²) in [7, 11) is 0. The van der Waals surface area contributed by atoms with Gasteiger partial charge in [-0.25, -0.2) is 4.98 Å². The van der Waals surface area contributed by atoms with Crippen LogP contribution in [0.15, 0.2) is 42.7 Å². The van der Waals surface area contributed by atoms with Gasteiger partial charge in [-0.15, -0.1) is 0 Å². The van der Waals surface area contributed by atoms with E-state index in [1.54, 1.807) is 10.6 Å². The summed E-state index contributed by atoms with van der Waals surface area (Å²) < 4.78 is 40.9. The Morgan fingerprint density at radius 1 is 1.31 bits per heavy atom. The number of fused-ring (bicyclic) bond motifs is 1. The Kier molecular flexibility index (Phi) is 5.07. The summed E-state index contributed by atoms with van der Waals surface area (Å²) in [5.41, 5.74) is -1.47. The van der Waals surface area contributed by atoms with Crippen molar-refractivity contribution >= 4 is 22.6 Å². The van der Waals surface area contributed by atoms with Crippen molar-refractivity contribution in [3.63, 3.8) is 0 Å². The molecule has 0 unspecified atom stereocenters.